The van der Waals surface area contributed by atoms with Crippen LogP contribution in [0.5, 0.6) is 0 Å². The SMILES string of the molecule is CCn1cc(-c2cc(C(=O)NC)ccc2C2CN(C(=O)/C=C/CN(C)C)Cc3sc(C#N)cc32)c(C(F)(F)F)n1. The minimum Gasteiger partial charge on any atom is -0.355 e. The van der Waals surface area contributed by atoms with Gasteiger partial charge in [-0.1, -0.05) is 12.1 Å². The number of halogens is 3. The molecule has 1 unspecified atom stereocenters. The van der Waals surface area contributed by atoms with Crippen molar-refractivity contribution in [2.75, 3.05) is 34.2 Å². The number of carbonyl (C=O) groups is 2. The fourth-order valence-electron chi connectivity index (χ4n) is 4.75. The molecule has 0 fully saturated rings. The lowest BCUT2D eigenvalue weighted by molar-refractivity contribution is -0.141. The second-order valence-electron chi connectivity index (χ2n) is 9.66. The van der Waals surface area contributed by atoms with Crippen LogP contribution in [0.15, 0.2) is 42.6 Å². The van der Waals surface area contributed by atoms with E-state index in [4.69, 9.17) is 0 Å². The highest BCUT2D eigenvalue weighted by Gasteiger charge is 2.39. The second-order valence-corrected chi connectivity index (χ2v) is 10.8. The maximum atomic E-state index is 14.2. The molecule has 0 spiro atoms. The van der Waals surface area contributed by atoms with E-state index in [9.17, 15) is 28.0 Å². The minimum atomic E-state index is -4.73. The predicted octanol–water partition coefficient (Wildman–Crippen LogP) is 4.47. The zero-order valence-electron chi connectivity index (χ0n) is 22.5. The Morgan fingerprint density at radius 2 is 2.00 bits per heavy atom. The predicted molar refractivity (Wildman–Crippen MR) is 146 cm³/mol. The molecule has 1 aromatic carbocycles. The van der Waals surface area contributed by atoms with Gasteiger partial charge in [-0.05, 0) is 55.9 Å². The standard InChI is InChI=1S/C28H29F3N6O2S/c1-5-37-15-23(26(34-37)28(29,30)31)20-11-17(27(39)33-2)8-9-19(20)22-14-36(25(38)7-6-10-35(3)4)16-24-21(22)12-18(13-32)40-24/h6-9,11-12,15,22H,5,10,14,16H2,1-4H3,(H,33,39)/b7-6+. The van der Waals surface area contributed by atoms with E-state index in [1.54, 1.807) is 36.1 Å². The zero-order chi connectivity index (χ0) is 29.2. The van der Waals surface area contributed by atoms with Crippen LogP contribution in [0.4, 0.5) is 13.2 Å². The van der Waals surface area contributed by atoms with Gasteiger partial charge < -0.3 is 15.1 Å². The van der Waals surface area contributed by atoms with Gasteiger partial charge >= 0.3 is 6.18 Å². The Kier molecular flexibility index (Phi) is 8.46. The molecular weight excluding hydrogens is 541 g/mol. The number of hydrogen-bond acceptors (Lipinski definition) is 6. The van der Waals surface area contributed by atoms with Crippen LogP contribution >= 0.6 is 11.3 Å². The third-order valence-corrected chi connectivity index (χ3v) is 7.71. The first-order valence-electron chi connectivity index (χ1n) is 12.6. The fourth-order valence-corrected chi connectivity index (χ4v) is 5.78. The van der Waals surface area contributed by atoms with E-state index in [-0.39, 0.29) is 42.2 Å². The maximum absolute atomic E-state index is 14.2. The van der Waals surface area contributed by atoms with Gasteiger partial charge in [0.2, 0.25) is 5.91 Å². The van der Waals surface area contributed by atoms with Crippen LogP contribution in [-0.2, 0) is 24.1 Å². The number of aryl methyl sites for hydroxylation is 1. The fraction of sp³-hybridized carbons (Fsp3) is 0.357. The number of nitriles is 1. The quantitative estimate of drug-likeness (QED) is 0.423. The van der Waals surface area contributed by atoms with Crippen molar-refractivity contribution in [2.45, 2.75) is 32.1 Å². The average molecular weight is 571 g/mol. The summed E-state index contributed by atoms with van der Waals surface area (Å²) in [5, 5.41) is 15.9. The van der Waals surface area contributed by atoms with Gasteiger partial charge in [0.25, 0.3) is 5.91 Å². The van der Waals surface area contributed by atoms with Gasteiger partial charge in [0.15, 0.2) is 5.69 Å². The van der Waals surface area contributed by atoms with Gasteiger partial charge in [0.05, 0.1) is 6.54 Å². The lowest BCUT2D eigenvalue weighted by atomic mass is 9.83. The van der Waals surface area contributed by atoms with Crippen molar-refractivity contribution in [1.29, 1.82) is 5.26 Å². The summed E-state index contributed by atoms with van der Waals surface area (Å²) in [7, 11) is 5.21. The molecule has 0 saturated heterocycles. The first kappa shape index (κ1) is 29.0. The molecular formula is C28H29F3N6O2S. The first-order chi connectivity index (χ1) is 19.0. The Morgan fingerprint density at radius 3 is 2.62 bits per heavy atom. The Balaban J connectivity index is 1.90. The number of hydrogen-bond donors (Lipinski definition) is 1. The Morgan fingerprint density at radius 1 is 1.25 bits per heavy atom. The van der Waals surface area contributed by atoms with E-state index < -0.39 is 23.7 Å². The maximum Gasteiger partial charge on any atom is 0.435 e. The lowest BCUT2D eigenvalue weighted by Gasteiger charge is -2.33. The summed E-state index contributed by atoms with van der Waals surface area (Å²) in [5.74, 6) is -1.21. The van der Waals surface area contributed by atoms with Crippen LogP contribution in [0.2, 0.25) is 0 Å². The van der Waals surface area contributed by atoms with Crippen LogP contribution < -0.4 is 5.32 Å². The largest absolute Gasteiger partial charge is 0.435 e. The smallest absolute Gasteiger partial charge is 0.355 e. The summed E-state index contributed by atoms with van der Waals surface area (Å²) in [5.41, 5.74) is 0.480. The highest BCUT2D eigenvalue weighted by atomic mass is 32.1. The van der Waals surface area contributed by atoms with E-state index >= 15 is 0 Å². The number of likely N-dealkylation sites (N-methyl/N-ethyl adjacent to an activating group) is 1. The third kappa shape index (κ3) is 5.95. The molecule has 0 radical (unpaired) electrons. The molecule has 0 aliphatic carbocycles. The van der Waals surface area contributed by atoms with Crippen molar-refractivity contribution < 1.29 is 22.8 Å². The Hall–Kier alpha value is -3.95. The molecule has 0 saturated carbocycles. The number of nitrogens with zero attached hydrogens (tertiary/aromatic N) is 5. The van der Waals surface area contributed by atoms with Crippen molar-refractivity contribution in [1.82, 2.24) is 24.9 Å². The van der Waals surface area contributed by atoms with Crippen LogP contribution in [0.1, 0.15) is 49.8 Å². The van der Waals surface area contributed by atoms with Crippen LogP contribution in [0.25, 0.3) is 11.1 Å². The number of amides is 2. The first-order valence-corrected chi connectivity index (χ1v) is 13.4. The van der Waals surface area contributed by atoms with Crippen molar-refractivity contribution in [3.05, 3.63) is 74.8 Å². The molecule has 1 atom stereocenters. The number of carbonyl (C=O) groups excluding carboxylic acids is 2. The van der Waals surface area contributed by atoms with E-state index in [0.717, 1.165) is 10.4 Å². The summed E-state index contributed by atoms with van der Waals surface area (Å²) in [4.78, 5) is 30.4. The molecule has 1 aliphatic rings. The van der Waals surface area contributed by atoms with E-state index in [1.807, 2.05) is 19.0 Å². The van der Waals surface area contributed by atoms with Gasteiger partial charge in [0.1, 0.15) is 10.9 Å². The molecule has 3 aromatic rings. The van der Waals surface area contributed by atoms with E-state index in [0.29, 0.717) is 17.0 Å². The van der Waals surface area contributed by atoms with Gasteiger partial charge in [0, 0.05) is 60.9 Å². The molecule has 12 heteroatoms. The number of aromatic nitrogens is 2. The minimum absolute atomic E-state index is 0.151. The highest BCUT2D eigenvalue weighted by Crippen LogP contribution is 2.44. The van der Waals surface area contributed by atoms with Gasteiger partial charge in [-0.25, -0.2) is 0 Å². The number of benzene rings is 1. The molecule has 210 valence electrons. The van der Waals surface area contributed by atoms with Gasteiger partial charge in [-0.3, -0.25) is 14.3 Å². The summed E-state index contributed by atoms with van der Waals surface area (Å²) < 4.78 is 43.7. The molecule has 4 rings (SSSR count). The summed E-state index contributed by atoms with van der Waals surface area (Å²) in [6.07, 6.45) is -0.159. The van der Waals surface area contributed by atoms with Crippen molar-refractivity contribution >= 4 is 23.2 Å². The van der Waals surface area contributed by atoms with Crippen LogP contribution in [-0.4, -0.2) is 65.6 Å². The average Bonchev–Trinajstić information content (AvgIpc) is 3.56. The molecule has 2 aromatic heterocycles. The summed E-state index contributed by atoms with van der Waals surface area (Å²) in [6.45, 7) is 2.96. The summed E-state index contributed by atoms with van der Waals surface area (Å²) >= 11 is 1.26. The molecule has 8 nitrogen and oxygen atoms in total. The monoisotopic (exact) mass is 570 g/mol. The topological polar surface area (TPSA) is 94.3 Å². The molecule has 0 bridgehead atoms. The normalized spacial score (nSPS) is 15.4. The zero-order valence-corrected chi connectivity index (χ0v) is 23.4. The number of nitrogens with one attached hydrogen (secondary N) is 1. The molecule has 3 heterocycles. The van der Waals surface area contributed by atoms with E-state index in [2.05, 4.69) is 16.5 Å². The number of thiophene rings is 1. The Bertz CT molecular complexity index is 1500. The van der Waals surface area contributed by atoms with Crippen molar-refractivity contribution in [3.8, 4) is 17.2 Å². The van der Waals surface area contributed by atoms with E-state index in [1.165, 1.54) is 41.4 Å². The Labute approximate surface area is 234 Å². The molecule has 1 N–H and O–H groups in total. The number of alkyl halides is 3. The van der Waals surface area contributed by atoms with Gasteiger partial charge in [-0.15, -0.1) is 11.3 Å². The van der Waals surface area contributed by atoms with Crippen molar-refractivity contribution in [2.24, 2.45) is 0 Å². The van der Waals surface area contributed by atoms with Crippen molar-refractivity contribution in [3.63, 3.8) is 0 Å². The van der Waals surface area contributed by atoms with Crippen LogP contribution in [0.3, 0.4) is 0 Å². The molecule has 40 heavy (non-hydrogen) atoms. The summed E-state index contributed by atoms with van der Waals surface area (Å²) in [6, 6.07) is 8.52. The molecule has 1 aliphatic heterocycles. The second kappa shape index (κ2) is 11.7. The molecule has 2 amide bonds. The van der Waals surface area contributed by atoms with Gasteiger partial charge in [-0.2, -0.15) is 23.5 Å². The highest BCUT2D eigenvalue weighted by molar-refractivity contribution is 7.12. The number of fused-ring (bicyclic) bond motifs is 1. The number of rotatable bonds is 7. The third-order valence-electron chi connectivity index (χ3n) is 6.67. The van der Waals surface area contributed by atoms with Crippen LogP contribution in [0, 0.1) is 11.3 Å². The lowest BCUT2D eigenvalue weighted by Crippen LogP contribution is -2.37.